The summed E-state index contributed by atoms with van der Waals surface area (Å²) in [6.07, 6.45) is 4.22. The highest BCUT2D eigenvalue weighted by Crippen LogP contribution is 2.26. The number of rotatable bonds is 5. The van der Waals surface area contributed by atoms with Crippen LogP contribution in [0.2, 0.25) is 0 Å². The maximum Gasteiger partial charge on any atom is 0.223 e. The van der Waals surface area contributed by atoms with E-state index in [1.54, 1.807) is 0 Å². The molecule has 94 valence electrons. The predicted octanol–water partition coefficient (Wildman–Crippen LogP) is 1.93. The molecule has 0 saturated carbocycles. The molecule has 0 spiro atoms. The van der Waals surface area contributed by atoms with Crippen molar-refractivity contribution in [3.63, 3.8) is 0 Å². The number of nitrogens with one attached hydrogen (secondary N) is 2. The summed E-state index contributed by atoms with van der Waals surface area (Å²) in [5, 5.41) is 6.49. The summed E-state index contributed by atoms with van der Waals surface area (Å²) >= 11 is 0. The van der Waals surface area contributed by atoms with Crippen LogP contribution in [0.4, 0.5) is 0 Å². The van der Waals surface area contributed by atoms with Gasteiger partial charge in [-0.15, -0.1) is 0 Å². The average Bonchev–Trinajstić information content (AvgIpc) is 2.29. The molecule has 3 heteroatoms. The van der Waals surface area contributed by atoms with Gasteiger partial charge < -0.3 is 10.6 Å². The zero-order valence-electron chi connectivity index (χ0n) is 10.9. The molecule has 1 amide bonds. The summed E-state index contributed by atoms with van der Waals surface area (Å²) in [6.45, 7) is 9.44. The summed E-state index contributed by atoms with van der Waals surface area (Å²) in [5.41, 5.74) is 0.299. The zero-order chi connectivity index (χ0) is 12.0. The standard InChI is InChI=1S/C13H26N2O/c1-4-11(5-2)12(16)15-10-13(3)6-8-14-9-7-13/h11,14H,4-10H2,1-3H3,(H,15,16). The van der Waals surface area contributed by atoms with E-state index in [4.69, 9.17) is 0 Å². The zero-order valence-corrected chi connectivity index (χ0v) is 10.9. The smallest absolute Gasteiger partial charge is 0.223 e. The SMILES string of the molecule is CCC(CC)C(=O)NCC1(C)CCNCC1. The van der Waals surface area contributed by atoms with Gasteiger partial charge in [0.05, 0.1) is 0 Å². The van der Waals surface area contributed by atoms with Crippen molar-refractivity contribution in [3.8, 4) is 0 Å². The average molecular weight is 226 g/mol. The maximum atomic E-state index is 11.9. The normalized spacial score (nSPS) is 19.8. The minimum atomic E-state index is 0.199. The van der Waals surface area contributed by atoms with E-state index < -0.39 is 0 Å². The molecule has 0 bridgehead atoms. The second-order valence-corrected chi connectivity index (χ2v) is 5.29. The topological polar surface area (TPSA) is 41.1 Å². The Morgan fingerprint density at radius 3 is 2.38 bits per heavy atom. The Labute approximate surface area is 99.4 Å². The van der Waals surface area contributed by atoms with Gasteiger partial charge in [-0.25, -0.2) is 0 Å². The Balaban J connectivity index is 2.35. The van der Waals surface area contributed by atoms with Gasteiger partial charge in [0.25, 0.3) is 0 Å². The third kappa shape index (κ3) is 3.78. The lowest BCUT2D eigenvalue weighted by atomic mass is 9.81. The molecule has 2 N–H and O–H groups in total. The van der Waals surface area contributed by atoms with Crippen LogP contribution in [-0.4, -0.2) is 25.5 Å². The molecule has 1 saturated heterocycles. The Morgan fingerprint density at radius 2 is 1.88 bits per heavy atom. The van der Waals surface area contributed by atoms with Gasteiger partial charge in [-0.2, -0.15) is 0 Å². The van der Waals surface area contributed by atoms with Crippen LogP contribution in [0, 0.1) is 11.3 Å². The number of carbonyl (C=O) groups is 1. The first-order valence-electron chi connectivity index (χ1n) is 6.59. The van der Waals surface area contributed by atoms with Gasteiger partial charge in [0.15, 0.2) is 0 Å². The van der Waals surface area contributed by atoms with Crippen LogP contribution in [0.25, 0.3) is 0 Å². The number of hydrogen-bond acceptors (Lipinski definition) is 2. The van der Waals surface area contributed by atoms with E-state index in [0.717, 1.165) is 45.3 Å². The maximum absolute atomic E-state index is 11.9. The van der Waals surface area contributed by atoms with Gasteiger partial charge in [0.1, 0.15) is 0 Å². The van der Waals surface area contributed by atoms with Crippen LogP contribution in [0.15, 0.2) is 0 Å². The highest BCUT2D eigenvalue weighted by molar-refractivity contribution is 5.78. The lowest BCUT2D eigenvalue weighted by Gasteiger charge is -2.34. The molecule has 3 nitrogen and oxygen atoms in total. The van der Waals surface area contributed by atoms with Crippen LogP contribution < -0.4 is 10.6 Å². The van der Waals surface area contributed by atoms with Crippen molar-refractivity contribution in [1.82, 2.24) is 10.6 Å². The molecule has 0 aromatic carbocycles. The Bertz CT molecular complexity index is 218. The molecule has 0 unspecified atom stereocenters. The van der Waals surface area contributed by atoms with E-state index >= 15 is 0 Å². The largest absolute Gasteiger partial charge is 0.355 e. The van der Waals surface area contributed by atoms with E-state index in [1.165, 1.54) is 0 Å². The summed E-state index contributed by atoms with van der Waals surface area (Å²) in [7, 11) is 0. The van der Waals surface area contributed by atoms with Crippen molar-refractivity contribution < 1.29 is 4.79 Å². The van der Waals surface area contributed by atoms with Crippen molar-refractivity contribution in [2.45, 2.75) is 46.5 Å². The highest BCUT2D eigenvalue weighted by Gasteiger charge is 2.27. The molecule has 0 radical (unpaired) electrons. The molecule has 0 aromatic heterocycles. The van der Waals surface area contributed by atoms with Crippen LogP contribution in [0.1, 0.15) is 46.5 Å². The van der Waals surface area contributed by atoms with E-state index in [1.807, 2.05) is 0 Å². The molecular weight excluding hydrogens is 200 g/mol. The number of amides is 1. The first kappa shape index (κ1) is 13.5. The lowest BCUT2D eigenvalue weighted by molar-refractivity contribution is -0.125. The molecule has 1 heterocycles. The fraction of sp³-hybridized carbons (Fsp3) is 0.923. The molecular formula is C13H26N2O. The minimum Gasteiger partial charge on any atom is -0.355 e. The summed E-state index contributed by atoms with van der Waals surface area (Å²) in [4.78, 5) is 11.9. The van der Waals surface area contributed by atoms with Crippen molar-refractivity contribution >= 4 is 5.91 Å². The fourth-order valence-electron chi connectivity index (χ4n) is 2.31. The third-order valence-electron chi connectivity index (χ3n) is 3.86. The molecule has 1 rings (SSSR count). The van der Waals surface area contributed by atoms with Gasteiger partial charge in [-0.1, -0.05) is 20.8 Å². The van der Waals surface area contributed by atoms with Crippen LogP contribution >= 0.6 is 0 Å². The number of hydrogen-bond donors (Lipinski definition) is 2. The molecule has 0 aromatic rings. The van der Waals surface area contributed by atoms with Gasteiger partial charge in [-0.05, 0) is 44.2 Å². The van der Waals surface area contributed by atoms with Crippen LogP contribution in [0.5, 0.6) is 0 Å². The molecule has 16 heavy (non-hydrogen) atoms. The second-order valence-electron chi connectivity index (χ2n) is 5.29. The lowest BCUT2D eigenvalue weighted by Crippen LogP contribution is -2.44. The van der Waals surface area contributed by atoms with Gasteiger partial charge in [0.2, 0.25) is 5.91 Å². The summed E-state index contributed by atoms with van der Waals surface area (Å²) in [5.74, 6) is 0.440. The van der Waals surface area contributed by atoms with Gasteiger partial charge in [-0.3, -0.25) is 4.79 Å². The van der Waals surface area contributed by atoms with E-state index in [-0.39, 0.29) is 11.8 Å². The fourth-order valence-corrected chi connectivity index (χ4v) is 2.31. The van der Waals surface area contributed by atoms with Crippen molar-refractivity contribution in [1.29, 1.82) is 0 Å². The van der Waals surface area contributed by atoms with Crippen LogP contribution in [0.3, 0.4) is 0 Å². The monoisotopic (exact) mass is 226 g/mol. The molecule has 1 fully saturated rings. The van der Waals surface area contributed by atoms with E-state index in [9.17, 15) is 4.79 Å². The molecule has 1 aliphatic heterocycles. The Kier molecular flexibility index (Phi) is 5.26. The minimum absolute atomic E-state index is 0.199. The van der Waals surface area contributed by atoms with Gasteiger partial charge >= 0.3 is 0 Å². The number of carbonyl (C=O) groups excluding carboxylic acids is 1. The first-order chi connectivity index (χ1) is 7.61. The van der Waals surface area contributed by atoms with Gasteiger partial charge in [0, 0.05) is 12.5 Å². The first-order valence-corrected chi connectivity index (χ1v) is 6.59. The Hall–Kier alpha value is -0.570. The molecule has 0 aliphatic carbocycles. The van der Waals surface area contributed by atoms with E-state index in [0.29, 0.717) is 5.41 Å². The summed E-state index contributed by atoms with van der Waals surface area (Å²) < 4.78 is 0. The van der Waals surface area contributed by atoms with Crippen LogP contribution in [-0.2, 0) is 4.79 Å². The predicted molar refractivity (Wildman–Crippen MR) is 67.3 cm³/mol. The van der Waals surface area contributed by atoms with Crippen molar-refractivity contribution in [2.75, 3.05) is 19.6 Å². The van der Waals surface area contributed by atoms with Crippen molar-refractivity contribution in [2.24, 2.45) is 11.3 Å². The summed E-state index contributed by atoms with van der Waals surface area (Å²) in [6, 6.07) is 0. The molecule has 0 atom stereocenters. The highest BCUT2D eigenvalue weighted by atomic mass is 16.1. The van der Waals surface area contributed by atoms with Crippen molar-refractivity contribution in [3.05, 3.63) is 0 Å². The third-order valence-corrected chi connectivity index (χ3v) is 3.86. The Morgan fingerprint density at radius 1 is 1.31 bits per heavy atom. The number of piperidine rings is 1. The molecule has 1 aliphatic rings. The second kappa shape index (κ2) is 6.24. The quantitative estimate of drug-likeness (QED) is 0.752. The van der Waals surface area contributed by atoms with E-state index in [2.05, 4.69) is 31.4 Å².